The Morgan fingerprint density at radius 1 is 1.53 bits per heavy atom. The first-order valence-electron chi connectivity index (χ1n) is 5.57. The normalized spacial score (nSPS) is 11.7. The van der Waals surface area contributed by atoms with Gasteiger partial charge in [0, 0.05) is 15.7 Å². The number of nitro benzene ring substituents is 1. The second-order valence-corrected chi connectivity index (χ2v) is 5.45. The van der Waals surface area contributed by atoms with E-state index < -0.39 is 16.9 Å². The number of amides is 1. The third-order valence-corrected chi connectivity index (χ3v) is 3.48. The molecule has 1 N–H and O–H groups in total. The van der Waals surface area contributed by atoms with Gasteiger partial charge in [-0.25, -0.2) is 0 Å². The topological polar surface area (TPSA) is 72.2 Å². The Morgan fingerprint density at radius 2 is 2.16 bits per heavy atom. The lowest BCUT2D eigenvalue weighted by molar-refractivity contribution is -0.384. The fourth-order valence-electron chi connectivity index (χ4n) is 1.42. The van der Waals surface area contributed by atoms with E-state index in [1.54, 1.807) is 0 Å². The lowest BCUT2D eigenvalue weighted by Crippen LogP contribution is -2.37. The molecule has 100 valence electrons. The van der Waals surface area contributed by atoms with Gasteiger partial charge in [0.1, 0.15) is 0 Å². The summed E-state index contributed by atoms with van der Waals surface area (Å²) in [4.78, 5) is 22.3. The van der Waals surface area contributed by atoms with Gasteiger partial charge >= 0.3 is 0 Å². The zero-order valence-corrected chi connectivity index (χ0v) is 12.7. The number of hydrogen-bond acceptors (Lipinski definition) is 3. The summed E-state index contributed by atoms with van der Waals surface area (Å²) in [5, 5.41) is 13.4. The van der Waals surface area contributed by atoms with Crippen LogP contribution in [0.4, 0.5) is 5.69 Å². The average molecular weight is 372 g/mol. The van der Waals surface area contributed by atoms with Crippen molar-refractivity contribution in [3.05, 3.63) is 37.4 Å². The van der Waals surface area contributed by atoms with Gasteiger partial charge in [-0.05, 0) is 34.6 Å². The molecule has 19 heavy (non-hydrogen) atoms. The van der Waals surface area contributed by atoms with Crippen LogP contribution in [0.5, 0.6) is 0 Å². The van der Waals surface area contributed by atoms with E-state index in [0.717, 1.165) is 0 Å². The number of carbonyl (C=O) groups is 1. The van der Waals surface area contributed by atoms with Gasteiger partial charge in [-0.1, -0.05) is 19.8 Å². The zero-order valence-electron chi connectivity index (χ0n) is 10.5. The van der Waals surface area contributed by atoms with Crippen molar-refractivity contribution in [1.29, 1.82) is 0 Å². The second kappa shape index (κ2) is 6.52. The van der Waals surface area contributed by atoms with Crippen LogP contribution in [-0.2, 0) is 0 Å². The number of rotatable bonds is 4. The maximum Gasteiger partial charge on any atom is 0.270 e. The number of nitro groups is 1. The van der Waals surface area contributed by atoms with Crippen LogP contribution in [0.15, 0.2) is 18.2 Å². The van der Waals surface area contributed by atoms with Crippen molar-refractivity contribution in [1.82, 2.24) is 5.32 Å². The predicted octanol–water partition coefficient (Wildman–Crippen LogP) is 2.59. The van der Waals surface area contributed by atoms with Crippen molar-refractivity contribution < 1.29 is 9.72 Å². The SMILES string of the molecule is C#CC(NC(=O)c1cc([N+](=O)[O-])ccc1I)C(C)C. The summed E-state index contributed by atoms with van der Waals surface area (Å²) < 4.78 is 0.639. The summed E-state index contributed by atoms with van der Waals surface area (Å²) >= 11 is 1.96. The number of benzene rings is 1. The van der Waals surface area contributed by atoms with E-state index >= 15 is 0 Å². The summed E-state index contributed by atoms with van der Waals surface area (Å²) in [6, 6.07) is 3.75. The number of non-ortho nitro benzene ring substituents is 1. The van der Waals surface area contributed by atoms with E-state index in [1.807, 2.05) is 36.4 Å². The molecule has 0 aliphatic carbocycles. The van der Waals surface area contributed by atoms with Crippen molar-refractivity contribution in [3.8, 4) is 12.3 Å². The second-order valence-electron chi connectivity index (χ2n) is 4.28. The van der Waals surface area contributed by atoms with Crippen LogP contribution >= 0.6 is 22.6 Å². The largest absolute Gasteiger partial charge is 0.338 e. The molecule has 0 aliphatic rings. The Morgan fingerprint density at radius 3 is 2.63 bits per heavy atom. The number of halogens is 1. The van der Waals surface area contributed by atoms with Gasteiger partial charge < -0.3 is 5.32 Å². The van der Waals surface area contributed by atoms with Crippen LogP contribution in [0.2, 0.25) is 0 Å². The molecule has 1 rings (SSSR count). The molecule has 0 radical (unpaired) electrons. The molecular weight excluding hydrogens is 359 g/mol. The van der Waals surface area contributed by atoms with Gasteiger partial charge in [0.05, 0.1) is 16.5 Å². The molecule has 1 unspecified atom stereocenters. The number of terminal acetylenes is 1. The highest BCUT2D eigenvalue weighted by Gasteiger charge is 2.19. The third kappa shape index (κ3) is 3.92. The molecule has 6 heteroatoms. The van der Waals surface area contributed by atoms with Crippen molar-refractivity contribution in [2.75, 3.05) is 0 Å². The van der Waals surface area contributed by atoms with Gasteiger partial charge in [0.25, 0.3) is 11.6 Å². The minimum absolute atomic E-state index is 0.0882. The monoisotopic (exact) mass is 372 g/mol. The zero-order chi connectivity index (χ0) is 14.6. The van der Waals surface area contributed by atoms with E-state index in [-0.39, 0.29) is 17.2 Å². The van der Waals surface area contributed by atoms with Gasteiger partial charge in [0.2, 0.25) is 0 Å². The molecule has 1 amide bonds. The van der Waals surface area contributed by atoms with Gasteiger partial charge in [-0.2, -0.15) is 0 Å². The smallest absolute Gasteiger partial charge is 0.270 e. The third-order valence-electron chi connectivity index (χ3n) is 2.54. The molecule has 0 saturated carbocycles. The van der Waals surface area contributed by atoms with Crippen molar-refractivity contribution in [3.63, 3.8) is 0 Å². The van der Waals surface area contributed by atoms with Crippen molar-refractivity contribution >= 4 is 34.2 Å². The molecule has 0 aromatic heterocycles. The molecule has 0 fully saturated rings. The summed E-state index contributed by atoms with van der Waals surface area (Å²) in [5.74, 6) is 2.18. The Kier molecular flexibility index (Phi) is 5.30. The van der Waals surface area contributed by atoms with E-state index in [4.69, 9.17) is 6.42 Å². The summed E-state index contributed by atoms with van der Waals surface area (Å²) in [6.45, 7) is 3.78. The number of nitrogens with zero attached hydrogens (tertiary/aromatic N) is 1. The summed E-state index contributed by atoms with van der Waals surface area (Å²) in [6.07, 6.45) is 5.34. The molecule has 5 nitrogen and oxygen atoms in total. The number of carbonyl (C=O) groups excluding carboxylic acids is 1. The highest BCUT2D eigenvalue weighted by molar-refractivity contribution is 14.1. The molecule has 1 aromatic carbocycles. The van der Waals surface area contributed by atoms with Crippen LogP contribution in [0.1, 0.15) is 24.2 Å². The van der Waals surface area contributed by atoms with E-state index in [1.165, 1.54) is 18.2 Å². The van der Waals surface area contributed by atoms with Crippen LogP contribution in [0, 0.1) is 31.9 Å². The van der Waals surface area contributed by atoms with E-state index in [9.17, 15) is 14.9 Å². The Labute approximate surface area is 125 Å². The van der Waals surface area contributed by atoms with Gasteiger partial charge in [0.15, 0.2) is 0 Å². The molecule has 0 aliphatic heterocycles. The van der Waals surface area contributed by atoms with Gasteiger partial charge in [-0.15, -0.1) is 6.42 Å². The maximum absolute atomic E-state index is 12.1. The number of nitrogens with one attached hydrogen (secondary N) is 1. The maximum atomic E-state index is 12.1. The highest BCUT2D eigenvalue weighted by Crippen LogP contribution is 2.19. The van der Waals surface area contributed by atoms with Crippen LogP contribution < -0.4 is 5.32 Å². The molecule has 0 spiro atoms. The highest BCUT2D eigenvalue weighted by atomic mass is 127. The standard InChI is InChI=1S/C13H13IN2O3/c1-4-12(8(2)3)15-13(17)10-7-9(16(18)19)5-6-11(10)14/h1,5-8,12H,2-3H3,(H,15,17). The first-order valence-corrected chi connectivity index (χ1v) is 6.65. The lowest BCUT2D eigenvalue weighted by atomic mass is 10.0. The molecule has 0 saturated heterocycles. The first kappa shape index (κ1) is 15.4. The van der Waals surface area contributed by atoms with Crippen molar-refractivity contribution in [2.24, 2.45) is 5.92 Å². The van der Waals surface area contributed by atoms with E-state index in [0.29, 0.717) is 3.57 Å². The number of hydrogen-bond donors (Lipinski definition) is 1. The fraction of sp³-hybridized carbons (Fsp3) is 0.308. The molecule has 1 aromatic rings. The Balaban J connectivity index is 3.03. The fourth-order valence-corrected chi connectivity index (χ4v) is 2.00. The predicted molar refractivity (Wildman–Crippen MR) is 80.7 cm³/mol. The van der Waals surface area contributed by atoms with Crippen LogP contribution in [0.25, 0.3) is 0 Å². The average Bonchev–Trinajstić information content (AvgIpc) is 2.35. The minimum Gasteiger partial charge on any atom is -0.338 e. The molecule has 0 heterocycles. The first-order chi connectivity index (χ1) is 8.86. The molecule has 0 bridgehead atoms. The van der Waals surface area contributed by atoms with Crippen molar-refractivity contribution in [2.45, 2.75) is 19.9 Å². The Hall–Kier alpha value is -1.62. The van der Waals surface area contributed by atoms with Gasteiger partial charge in [-0.3, -0.25) is 14.9 Å². The summed E-state index contributed by atoms with van der Waals surface area (Å²) in [5.41, 5.74) is 0.142. The van der Waals surface area contributed by atoms with Crippen LogP contribution in [0.3, 0.4) is 0 Å². The molecule has 1 atom stereocenters. The minimum atomic E-state index is -0.534. The molecular formula is C13H13IN2O3. The van der Waals surface area contributed by atoms with E-state index in [2.05, 4.69) is 11.2 Å². The van der Waals surface area contributed by atoms with Crippen LogP contribution in [-0.4, -0.2) is 16.9 Å². The quantitative estimate of drug-likeness (QED) is 0.382. The summed E-state index contributed by atoms with van der Waals surface area (Å²) in [7, 11) is 0. The lowest BCUT2D eigenvalue weighted by Gasteiger charge is -2.16. The Bertz CT molecular complexity index is 549.